The van der Waals surface area contributed by atoms with Gasteiger partial charge in [-0.2, -0.15) is 0 Å². The summed E-state index contributed by atoms with van der Waals surface area (Å²) in [6, 6.07) is 3.60. The highest BCUT2D eigenvalue weighted by atomic mass is 19.1. The van der Waals surface area contributed by atoms with E-state index in [-0.39, 0.29) is 23.4 Å². The molecule has 24 heavy (non-hydrogen) atoms. The van der Waals surface area contributed by atoms with Gasteiger partial charge in [-0.3, -0.25) is 0 Å². The zero-order chi connectivity index (χ0) is 17.9. The molecule has 0 bridgehead atoms. The zero-order valence-corrected chi connectivity index (χ0v) is 13.3. The lowest BCUT2D eigenvalue weighted by Gasteiger charge is -2.29. The predicted octanol–water partition coefficient (Wildman–Crippen LogP) is 2.13. The first-order valence-corrected chi connectivity index (χ1v) is 7.13. The minimum atomic E-state index is -1.33. The number of halogens is 1. The first kappa shape index (κ1) is 17.5. The molecule has 1 N–H and O–H groups in total. The molecule has 0 unspecified atom stereocenters. The fourth-order valence-corrected chi connectivity index (χ4v) is 1.91. The Balaban J connectivity index is 2.20. The molecule has 1 aromatic carbocycles. The Bertz CT molecular complexity index is 703. The van der Waals surface area contributed by atoms with Gasteiger partial charge in [0.05, 0.1) is 12.2 Å². The van der Waals surface area contributed by atoms with Crippen molar-refractivity contribution >= 4 is 23.6 Å². The van der Waals surface area contributed by atoms with E-state index in [9.17, 15) is 18.8 Å². The fraction of sp³-hybridized carbons (Fsp3) is 0.312. The molecule has 7 nitrogen and oxygen atoms in total. The minimum Gasteiger partial charge on any atom is -0.462 e. The normalized spacial score (nSPS) is 16.1. The number of ether oxygens (including phenoxy) is 3. The Hall–Kier alpha value is -2.90. The maximum Gasteiger partial charge on any atom is 0.350 e. The van der Waals surface area contributed by atoms with E-state index in [1.807, 2.05) is 0 Å². The van der Waals surface area contributed by atoms with Gasteiger partial charge in [0.25, 0.3) is 5.79 Å². The Morgan fingerprint density at radius 1 is 1.29 bits per heavy atom. The number of esters is 3. The Morgan fingerprint density at radius 2 is 1.92 bits per heavy atom. The molecule has 2 rings (SSSR count). The van der Waals surface area contributed by atoms with Crippen LogP contribution in [0.5, 0.6) is 0 Å². The van der Waals surface area contributed by atoms with Gasteiger partial charge in [0, 0.05) is 25.7 Å². The summed E-state index contributed by atoms with van der Waals surface area (Å²) in [6.45, 7) is 4.56. The summed E-state index contributed by atoms with van der Waals surface area (Å²) in [5.41, 5.74) is -0.344. The summed E-state index contributed by atoms with van der Waals surface area (Å²) in [4.78, 5) is 35.2. The minimum absolute atomic E-state index is 0.105. The Kier molecular flexibility index (Phi) is 4.87. The molecule has 0 spiro atoms. The summed E-state index contributed by atoms with van der Waals surface area (Å²) in [5, 5.41) is 2.63. The van der Waals surface area contributed by atoms with Crippen molar-refractivity contribution in [1.82, 2.24) is 0 Å². The van der Waals surface area contributed by atoms with Gasteiger partial charge in [-0.05, 0) is 25.1 Å². The summed E-state index contributed by atoms with van der Waals surface area (Å²) in [7, 11) is 0. The lowest BCUT2D eigenvalue weighted by atomic mass is 10.2. The number of carbonyl (C=O) groups is 3. The number of anilines is 1. The molecule has 0 atom stereocenters. The highest BCUT2D eigenvalue weighted by Gasteiger charge is 2.38. The van der Waals surface area contributed by atoms with Crippen LogP contribution < -0.4 is 5.32 Å². The van der Waals surface area contributed by atoms with Crippen molar-refractivity contribution in [3.05, 3.63) is 41.4 Å². The molecule has 1 aromatic rings. The smallest absolute Gasteiger partial charge is 0.350 e. The highest BCUT2D eigenvalue weighted by Crippen LogP contribution is 2.23. The van der Waals surface area contributed by atoms with Gasteiger partial charge in [0.1, 0.15) is 5.82 Å². The van der Waals surface area contributed by atoms with Crippen LogP contribution in [0, 0.1) is 5.82 Å². The third kappa shape index (κ3) is 3.89. The van der Waals surface area contributed by atoms with Crippen LogP contribution in [-0.4, -0.2) is 30.3 Å². The lowest BCUT2D eigenvalue weighted by Crippen LogP contribution is -2.42. The summed E-state index contributed by atoms with van der Waals surface area (Å²) < 4.78 is 28.3. The molecule has 0 aromatic heterocycles. The monoisotopic (exact) mass is 337 g/mol. The van der Waals surface area contributed by atoms with Crippen molar-refractivity contribution in [1.29, 1.82) is 0 Å². The van der Waals surface area contributed by atoms with Crippen LogP contribution in [0.3, 0.4) is 0 Å². The standard InChI is InChI=1S/C16H16FNO6/c1-4-22-13(19)10-7-9(5-6-12(10)17)18-8-11-14(20)23-16(2,3)24-15(11)21/h5-8,18H,4H2,1-3H3. The van der Waals surface area contributed by atoms with Crippen LogP contribution in [-0.2, 0) is 23.8 Å². The molecular weight excluding hydrogens is 321 g/mol. The third-order valence-corrected chi connectivity index (χ3v) is 2.96. The van der Waals surface area contributed by atoms with Gasteiger partial charge < -0.3 is 19.5 Å². The molecule has 1 aliphatic heterocycles. The van der Waals surface area contributed by atoms with Crippen molar-refractivity contribution in [2.75, 3.05) is 11.9 Å². The molecule has 1 heterocycles. The van der Waals surface area contributed by atoms with Gasteiger partial charge >= 0.3 is 17.9 Å². The first-order valence-electron chi connectivity index (χ1n) is 7.13. The topological polar surface area (TPSA) is 90.9 Å². The second-order valence-corrected chi connectivity index (χ2v) is 5.30. The first-order chi connectivity index (χ1) is 11.2. The van der Waals surface area contributed by atoms with E-state index in [0.29, 0.717) is 0 Å². The van der Waals surface area contributed by atoms with E-state index in [1.54, 1.807) is 6.92 Å². The van der Waals surface area contributed by atoms with Crippen LogP contribution in [0.1, 0.15) is 31.1 Å². The Morgan fingerprint density at radius 3 is 2.50 bits per heavy atom. The van der Waals surface area contributed by atoms with E-state index in [0.717, 1.165) is 12.3 Å². The largest absolute Gasteiger partial charge is 0.462 e. The van der Waals surface area contributed by atoms with Crippen LogP contribution in [0.2, 0.25) is 0 Å². The average Bonchev–Trinajstić information content (AvgIpc) is 2.47. The molecule has 1 aliphatic rings. The van der Waals surface area contributed by atoms with E-state index < -0.39 is 29.5 Å². The SMILES string of the molecule is CCOC(=O)c1cc(NC=C2C(=O)OC(C)(C)OC2=O)ccc1F. The van der Waals surface area contributed by atoms with Crippen molar-refractivity contribution < 1.29 is 33.0 Å². The second-order valence-electron chi connectivity index (χ2n) is 5.30. The van der Waals surface area contributed by atoms with E-state index in [4.69, 9.17) is 14.2 Å². The van der Waals surface area contributed by atoms with Crippen LogP contribution in [0.4, 0.5) is 10.1 Å². The number of rotatable bonds is 4. The van der Waals surface area contributed by atoms with Gasteiger partial charge in [-0.25, -0.2) is 18.8 Å². The predicted molar refractivity (Wildman–Crippen MR) is 80.3 cm³/mol. The number of cyclic esters (lactones) is 2. The molecule has 8 heteroatoms. The molecular formula is C16H16FNO6. The van der Waals surface area contributed by atoms with Crippen LogP contribution in [0.15, 0.2) is 30.0 Å². The van der Waals surface area contributed by atoms with Gasteiger partial charge in [-0.15, -0.1) is 0 Å². The molecule has 0 saturated carbocycles. The molecule has 0 aliphatic carbocycles. The van der Waals surface area contributed by atoms with Crippen molar-refractivity contribution in [3.8, 4) is 0 Å². The van der Waals surface area contributed by atoms with Crippen LogP contribution >= 0.6 is 0 Å². The van der Waals surface area contributed by atoms with Gasteiger partial charge in [0.2, 0.25) is 0 Å². The maximum atomic E-state index is 13.7. The Labute approximate surface area is 137 Å². The highest BCUT2D eigenvalue weighted by molar-refractivity contribution is 6.15. The quantitative estimate of drug-likeness (QED) is 0.511. The van der Waals surface area contributed by atoms with Gasteiger partial charge in [0.15, 0.2) is 5.57 Å². The molecule has 1 saturated heterocycles. The fourth-order valence-electron chi connectivity index (χ4n) is 1.91. The zero-order valence-electron chi connectivity index (χ0n) is 13.3. The summed E-state index contributed by atoms with van der Waals surface area (Å²) >= 11 is 0. The number of carbonyl (C=O) groups excluding carboxylic acids is 3. The second kappa shape index (κ2) is 6.69. The van der Waals surface area contributed by atoms with Crippen molar-refractivity contribution in [2.24, 2.45) is 0 Å². The van der Waals surface area contributed by atoms with Crippen LogP contribution in [0.25, 0.3) is 0 Å². The summed E-state index contributed by atoms with van der Waals surface area (Å²) in [6.07, 6.45) is 1.07. The molecule has 0 amide bonds. The number of hydrogen-bond acceptors (Lipinski definition) is 7. The van der Waals surface area contributed by atoms with E-state index in [2.05, 4.69) is 5.32 Å². The van der Waals surface area contributed by atoms with Gasteiger partial charge in [-0.1, -0.05) is 0 Å². The molecule has 128 valence electrons. The third-order valence-electron chi connectivity index (χ3n) is 2.96. The molecule has 1 fully saturated rings. The maximum absolute atomic E-state index is 13.7. The molecule has 0 radical (unpaired) electrons. The van der Waals surface area contributed by atoms with E-state index in [1.165, 1.54) is 26.0 Å². The van der Waals surface area contributed by atoms with Crippen molar-refractivity contribution in [3.63, 3.8) is 0 Å². The lowest BCUT2D eigenvalue weighted by molar-refractivity contribution is -0.222. The number of benzene rings is 1. The van der Waals surface area contributed by atoms with E-state index >= 15 is 0 Å². The average molecular weight is 337 g/mol. The number of nitrogens with one attached hydrogen (secondary N) is 1. The summed E-state index contributed by atoms with van der Waals surface area (Å²) in [5.74, 6) is -4.60. The number of hydrogen-bond donors (Lipinski definition) is 1. The van der Waals surface area contributed by atoms with Crippen molar-refractivity contribution in [2.45, 2.75) is 26.6 Å².